The molecule has 1 unspecified atom stereocenters. The number of benzene rings is 1. The largest absolute Gasteiger partial charge is 0.481 e. The van der Waals surface area contributed by atoms with Crippen LogP contribution in [0.1, 0.15) is 31.6 Å². The fraction of sp³-hybridized carbons (Fsp3) is 0.389. The van der Waals surface area contributed by atoms with E-state index in [2.05, 4.69) is 4.98 Å². The minimum atomic E-state index is -0.861. The van der Waals surface area contributed by atoms with Gasteiger partial charge in [-0.15, -0.1) is 0 Å². The van der Waals surface area contributed by atoms with Crippen molar-refractivity contribution in [3.05, 3.63) is 42.4 Å². The van der Waals surface area contributed by atoms with Crippen LogP contribution in [0.25, 0.3) is 11.3 Å². The van der Waals surface area contributed by atoms with E-state index in [9.17, 15) is 9.59 Å². The summed E-state index contributed by atoms with van der Waals surface area (Å²) in [6.45, 7) is 0.637. The van der Waals surface area contributed by atoms with Crippen molar-refractivity contribution in [1.82, 2.24) is 9.88 Å². The van der Waals surface area contributed by atoms with Crippen molar-refractivity contribution in [2.45, 2.75) is 38.1 Å². The molecule has 1 aromatic carbocycles. The lowest BCUT2D eigenvalue weighted by Crippen LogP contribution is -2.36. The molecule has 126 valence electrons. The predicted octanol–water partition coefficient (Wildman–Crippen LogP) is 2.74. The molecular formula is C18H20N2O4. The molecule has 0 bridgehead atoms. The Balaban J connectivity index is 1.57. The zero-order valence-corrected chi connectivity index (χ0v) is 13.4. The number of carboxylic acid groups (broad SMARTS) is 1. The summed E-state index contributed by atoms with van der Waals surface area (Å²) in [4.78, 5) is 29.1. The maximum Gasteiger partial charge on any atom is 0.305 e. The highest BCUT2D eigenvalue weighted by atomic mass is 16.4. The summed E-state index contributed by atoms with van der Waals surface area (Å²) in [5.74, 6) is 0.317. The van der Waals surface area contributed by atoms with Gasteiger partial charge in [-0.05, 0) is 12.8 Å². The summed E-state index contributed by atoms with van der Waals surface area (Å²) in [6, 6.07) is 9.49. The normalized spacial score (nSPS) is 17.2. The van der Waals surface area contributed by atoms with Crippen molar-refractivity contribution in [1.29, 1.82) is 0 Å². The Kier molecular flexibility index (Phi) is 4.93. The van der Waals surface area contributed by atoms with Crippen LogP contribution in [0.5, 0.6) is 0 Å². The van der Waals surface area contributed by atoms with E-state index in [1.54, 1.807) is 11.1 Å². The summed E-state index contributed by atoms with van der Waals surface area (Å²) in [5, 5.41) is 8.93. The standard InChI is InChI=1S/C18H20N2O4/c21-17(20-10-4-7-14(20)11-18(22)23)9-8-16-19-12-15(24-16)13-5-2-1-3-6-13/h1-3,5-6,12,14H,4,7-11H2,(H,22,23). The molecule has 6 heteroatoms. The number of aryl methyl sites for hydroxylation is 1. The fourth-order valence-electron chi connectivity index (χ4n) is 3.10. The van der Waals surface area contributed by atoms with Crippen LogP contribution in [0.3, 0.4) is 0 Å². The summed E-state index contributed by atoms with van der Waals surface area (Å²) in [6.07, 6.45) is 4.00. The van der Waals surface area contributed by atoms with Crippen LogP contribution in [-0.4, -0.2) is 39.5 Å². The lowest BCUT2D eigenvalue weighted by Gasteiger charge is -2.23. The van der Waals surface area contributed by atoms with Crippen LogP contribution in [0.2, 0.25) is 0 Å². The molecule has 6 nitrogen and oxygen atoms in total. The van der Waals surface area contributed by atoms with Crippen molar-refractivity contribution >= 4 is 11.9 Å². The molecule has 0 saturated carbocycles. The van der Waals surface area contributed by atoms with Crippen LogP contribution < -0.4 is 0 Å². The highest BCUT2D eigenvalue weighted by Gasteiger charge is 2.30. The summed E-state index contributed by atoms with van der Waals surface area (Å²) >= 11 is 0. The highest BCUT2D eigenvalue weighted by molar-refractivity contribution is 5.78. The van der Waals surface area contributed by atoms with E-state index in [-0.39, 0.29) is 24.8 Å². The first-order chi connectivity index (χ1) is 11.6. The number of amides is 1. The van der Waals surface area contributed by atoms with Crippen LogP contribution in [0.15, 0.2) is 40.9 Å². The molecular weight excluding hydrogens is 308 g/mol. The number of carbonyl (C=O) groups excluding carboxylic acids is 1. The second-order valence-electron chi connectivity index (χ2n) is 5.97. The van der Waals surface area contributed by atoms with Crippen LogP contribution >= 0.6 is 0 Å². The van der Waals surface area contributed by atoms with Crippen molar-refractivity contribution in [2.24, 2.45) is 0 Å². The zero-order chi connectivity index (χ0) is 16.9. The smallest absolute Gasteiger partial charge is 0.305 e. The molecule has 2 aromatic rings. The van der Waals surface area contributed by atoms with Gasteiger partial charge >= 0.3 is 5.97 Å². The molecule has 0 spiro atoms. The third kappa shape index (κ3) is 3.82. The van der Waals surface area contributed by atoms with Gasteiger partial charge in [0.05, 0.1) is 12.6 Å². The highest BCUT2D eigenvalue weighted by Crippen LogP contribution is 2.23. The number of aromatic nitrogens is 1. The fourth-order valence-corrected chi connectivity index (χ4v) is 3.10. The summed E-state index contributed by atoms with van der Waals surface area (Å²) in [7, 11) is 0. The Morgan fingerprint density at radius 1 is 1.29 bits per heavy atom. The number of carbonyl (C=O) groups is 2. The van der Waals surface area contributed by atoms with E-state index in [0.717, 1.165) is 18.4 Å². The number of hydrogen-bond donors (Lipinski definition) is 1. The number of hydrogen-bond acceptors (Lipinski definition) is 4. The first-order valence-corrected chi connectivity index (χ1v) is 8.15. The van der Waals surface area contributed by atoms with Crippen molar-refractivity contribution in [2.75, 3.05) is 6.54 Å². The molecule has 24 heavy (non-hydrogen) atoms. The molecule has 0 radical (unpaired) electrons. The molecule has 1 aliphatic heterocycles. The maximum absolute atomic E-state index is 12.4. The number of carboxylic acids is 1. The molecule has 2 heterocycles. The van der Waals surface area contributed by atoms with E-state index in [1.807, 2.05) is 30.3 Å². The molecule has 1 atom stereocenters. The Morgan fingerprint density at radius 2 is 2.08 bits per heavy atom. The Bertz CT molecular complexity index is 711. The molecule has 1 N–H and O–H groups in total. The van der Waals surface area contributed by atoms with Crippen LogP contribution in [-0.2, 0) is 16.0 Å². The first kappa shape index (κ1) is 16.2. The van der Waals surface area contributed by atoms with Gasteiger partial charge in [-0.1, -0.05) is 30.3 Å². The third-order valence-corrected chi connectivity index (χ3v) is 4.27. The van der Waals surface area contributed by atoms with Crippen molar-refractivity contribution in [3.8, 4) is 11.3 Å². The van der Waals surface area contributed by atoms with E-state index in [1.165, 1.54) is 0 Å². The van der Waals surface area contributed by atoms with Gasteiger partial charge in [-0.2, -0.15) is 0 Å². The van der Waals surface area contributed by atoms with E-state index in [0.29, 0.717) is 24.6 Å². The second-order valence-corrected chi connectivity index (χ2v) is 5.97. The minimum Gasteiger partial charge on any atom is -0.481 e. The SMILES string of the molecule is O=C(O)CC1CCCN1C(=O)CCc1ncc(-c2ccccc2)o1. The molecule has 1 fully saturated rings. The predicted molar refractivity (Wildman–Crippen MR) is 87.2 cm³/mol. The van der Waals surface area contributed by atoms with Gasteiger partial charge in [0.1, 0.15) is 0 Å². The van der Waals surface area contributed by atoms with Gasteiger partial charge in [-0.3, -0.25) is 9.59 Å². The molecule has 0 aliphatic carbocycles. The summed E-state index contributed by atoms with van der Waals surface area (Å²) < 4.78 is 5.70. The maximum atomic E-state index is 12.4. The van der Waals surface area contributed by atoms with Gasteiger partial charge < -0.3 is 14.4 Å². The van der Waals surface area contributed by atoms with Crippen LogP contribution in [0, 0.1) is 0 Å². The molecule has 3 rings (SSSR count). The third-order valence-electron chi connectivity index (χ3n) is 4.27. The topological polar surface area (TPSA) is 83.6 Å². The van der Waals surface area contributed by atoms with Gasteiger partial charge in [0, 0.05) is 31.0 Å². The van der Waals surface area contributed by atoms with Crippen molar-refractivity contribution in [3.63, 3.8) is 0 Å². The number of likely N-dealkylation sites (tertiary alicyclic amines) is 1. The number of oxazole rings is 1. The Hall–Kier alpha value is -2.63. The number of aliphatic carboxylic acids is 1. The molecule has 1 aromatic heterocycles. The van der Waals surface area contributed by atoms with Gasteiger partial charge in [0.15, 0.2) is 11.7 Å². The van der Waals surface area contributed by atoms with E-state index in [4.69, 9.17) is 9.52 Å². The molecule has 1 saturated heterocycles. The Morgan fingerprint density at radius 3 is 2.83 bits per heavy atom. The van der Waals surface area contributed by atoms with Gasteiger partial charge in [0.2, 0.25) is 5.91 Å². The van der Waals surface area contributed by atoms with Crippen LogP contribution in [0.4, 0.5) is 0 Å². The lowest BCUT2D eigenvalue weighted by molar-refractivity contribution is -0.139. The minimum absolute atomic E-state index is 0.0168. The molecule has 1 amide bonds. The lowest BCUT2D eigenvalue weighted by atomic mass is 10.1. The summed E-state index contributed by atoms with van der Waals surface area (Å²) in [5.41, 5.74) is 0.948. The Labute approximate surface area is 140 Å². The second kappa shape index (κ2) is 7.29. The monoisotopic (exact) mass is 328 g/mol. The average Bonchev–Trinajstić information content (AvgIpc) is 3.22. The number of rotatable bonds is 6. The molecule has 1 aliphatic rings. The first-order valence-electron chi connectivity index (χ1n) is 8.15. The van der Waals surface area contributed by atoms with E-state index < -0.39 is 5.97 Å². The zero-order valence-electron chi connectivity index (χ0n) is 13.4. The number of nitrogens with zero attached hydrogens (tertiary/aromatic N) is 2. The van der Waals surface area contributed by atoms with E-state index >= 15 is 0 Å². The quantitative estimate of drug-likeness (QED) is 0.881. The van der Waals surface area contributed by atoms with Gasteiger partial charge in [0.25, 0.3) is 0 Å². The average molecular weight is 328 g/mol. The van der Waals surface area contributed by atoms with Crippen molar-refractivity contribution < 1.29 is 19.1 Å². The van der Waals surface area contributed by atoms with Gasteiger partial charge in [-0.25, -0.2) is 4.98 Å².